The van der Waals surface area contributed by atoms with Crippen molar-refractivity contribution < 1.29 is 14.3 Å². The molecule has 0 radical (unpaired) electrons. The summed E-state index contributed by atoms with van der Waals surface area (Å²) in [6, 6.07) is 0. The average Bonchev–Trinajstić information content (AvgIpc) is 1.98. The maximum absolute atomic E-state index is 10.4. The van der Waals surface area contributed by atoms with Crippen molar-refractivity contribution in [3.05, 3.63) is 12.7 Å². The standard InChI is InChI=1S/C7H12O3/c1-3-5-9-6-10-7(8)4-2/h3H,1,4-6H2,2H3. The van der Waals surface area contributed by atoms with Crippen LogP contribution < -0.4 is 0 Å². The van der Waals surface area contributed by atoms with Crippen LogP contribution >= 0.6 is 0 Å². The van der Waals surface area contributed by atoms with Crippen LogP contribution in [-0.2, 0) is 14.3 Å². The van der Waals surface area contributed by atoms with E-state index in [0.717, 1.165) is 0 Å². The molecular formula is C7H12O3. The van der Waals surface area contributed by atoms with E-state index in [4.69, 9.17) is 4.74 Å². The number of hydrogen-bond acceptors (Lipinski definition) is 3. The maximum atomic E-state index is 10.4. The van der Waals surface area contributed by atoms with E-state index < -0.39 is 0 Å². The van der Waals surface area contributed by atoms with Gasteiger partial charge in [0.1, 0.15) is 0 Å². The molecule has 0 aromatic carbocycles. The number of rotatable bonds is 5. The lowest BCUT2D eigenvalue weighted by Crippen LogP contribution is -2.06. The molecule has 0 aromatic heterocycles. The van der Waals surface area contributed by atoms with Gasteiger partial charge in [0.15, 0.2) is 6.79 Å². The summed E-state index contributed by atoms with van der Waals surface area (Å²) in [6.07, 6.45) is 1.98. The van der Waals surface area contributed by atoms with Gasteiger partial charge in [-0.25, -0.2) is 0 Å². The molecule has 0 spiro atoms. The van der Waals surface area contributed by atoms with Gasteiger partial charge in [0.2, 0.25) is 0 Å². The Kier molecular flexibility index (Phi) is 5.77. The molecule has 0 unspecified atom stereocenters. The van der Waals surface area contributed by atoms with Crippen molar-refractivity contribution in [3.63, 3.8) is 0 Å². The topological polar surface area (TPSA) is 35.5 Å². The van der Waals surface area contributed by atoms with Crippen LogP contribution in [0.4, 0.5) is 0 Å². The summed E-state index contributed by atoms with van der Waals surface area (Å²) in [7, 11) is 0. The fourth-order valence-corrected chi connectivity index (χ4v) is 0.341. The van der Waals surface area contributed by atoms with Crippen molar-refractivity contribution in [2.45, 2.75) is 13.3 Å². The van der Waals surface area contributed by atoms with E-state index in [1.165, 1.54) is 0 Å². The summed E-state index contributed by atoms with van der Waals surface area (Å²) >= 11 is 0. The second-order valence-corrected chi connectivity index (χ2v) is 1.65. The predicted molar refractivity (Wildman–Crippen MR) is 37.4 cm³/mol. The third-order valence-electron chi connectivity index (χ3n) is 0.828. The number of carbonyl (C=O) groups excluding carboxylic acids is 1. The lowest BCUT2D eigenvalue weighted by molar-refractivity contribution is -0.154. The number of ether oxygens (including phenoxy) is 2. The maximum Gasteiger partial charge on any atom is 0.307 e. The molecule has 0 rings (SSSR count). The zero-order valence-electron chi connectivity index (χ0n) is 6.13. The third kappa shape index (κ3) is 5.31. The number of hydrogen-bond donors (Lipinski definition) is 0. The smallest absolute Gasteiger partial charge is 0.307 e. The Morgan fingerprint density at radius 3 is 2.90 bits per heavy atom. The minimum absolute atomic E-state index is 0.0265. The molecule has 0 aliphatic rings. The Bertz CT molecular complexity index is 109. The van der Waals surface area contributed by atoms with E-state index in [1.807, 2.05) is 0 Å². The second-order valence-electron chi connectivity index (χ2n) is 1.65. The van der Waals surface area contributed by atoms with Gasteiger partial charge in [-0.05, 0) is 0 Å². The highest BCUT2D eigenvalue weighted by molar-refractivity contribution is 5.68. The molecule has 0 N–H and O–H groups in total. The molecule has 0 fully saturated rings. The zero-order valence-corrected chi connectivity index (χ0v) is 6.13. The van der Waals surface area contributed by atoms with Crippen molar-refractivity contribution in [2.75, 3.05) is 13.4 Å². The molecule has 0 atom stereocenters. The average molecular weight is 144 g/mol. The van der Waals surface area contributed by atoms with Crippen LogP contribution in [0.15, 0.2) is 12.7 Å². The molecule has 58 valence electrons. The van der Waals surface area contributed by atoms with Crippen LogP contribution in [0.3, 0.4) is 0 Å². The first kappa shape index (κ1) is 9.17. The van der Waals surface area contributed by atoms with E-state index in [9.17, 15) is 4.79 Å². The second kappa shape index (κ2) is 6.29. The molecular weight excluding hydrogens is 132 g/mol. The first-order valence-electron chi connectivity index (χ1n) is 3.15. The molecule has 0 saturated carbocycles. The van der Waals surface area contributed by atoms with Crippen LogP contribution in [0.2, 0.25) is 0 Å². The molecule has 3 nitrogen and oxygen atoms in total. The van der Waals surface area contributed by atoms with Gasteiger partial charge >= 0.3 is 5.97 Å². The van der Waals surface area contributed by atoms with Gasteiger partial charge in [-0.3, -0.25) is 4.79 Å². The van der Waals surface area contributed by atoms with Gasteiger partial charge in [-0.15, -0.1) is 6.58 Å². The monoisotopic (exact) mass is 144 g/mol. The molecule has 0 saturated heterocycles. The Labute approximate surface area is 60.6 Å². The number of carbonyl (C=O) groups is 1. The Hall–Kier alpha value is -0.830. The third-order valence-corrected chi connectivity index (χ3v) is 0.828. The Balaban J connectivity index is 3.03. The van der Waals surface area contributed by atoms with Gasteiger partial charge in [0.25, 0.3) is 0 Å². The molecule has 0 heterocycles. The van der Waals surface area contributed by atoms with E-state index in [0.29, 0.717) is 13.0 Å². The van der Waals surface area contributed by atoms with Crippen molar-refractivity contribution in [1.29, 1.82) is 0 Å². The largest absolute Gasteiger partial charge is 0.438 e. The fourth-order valence-electron chi connectivity index (χ4n) is 0.341. The van der Waals surface area contributed by atoms with Gasteiger partial charge in [0, 0.05) is 6.42 Å². The molecule has 0 aliphatic heterocycles. The van der Waals surface area contributed by atoms with E-state index >= 15 is 0 Å². The van der Waals surface area contributed by atoms with Crippen LogP contribution in [0.5, 0.6) is 0 Å². The molecule has 3 heteroatoms. The highest BCUT2D eigenvalue weighted by Gasteiger charge is 1.94. The van der Waals surface area contributed by atoms with Crippen LogP contribution in [-0.4, -0.2) is 19.4 Å². The molecule has 0 aliphatic carbocycles. The molecule has 0 amide bonds. The molecule has 10 heavy (non-hydrogen) atoms. The summed E-state index contributed by atoms with van der Waals surface area (Å²) < 4.78 is 9.38. The summed E-state index contributed by atoms with van der Waals surface area (Å²) in [5, 5.41) is 0. The van der Waals surface area contributed by atoms with Crippen LogP contribution in [0.25, 0.3) is 0 Å². The van der Waals surface area contributed by atoms with E-state index in [2.05, 4.69) is 11.3 Å². The van der Waals surface area contributed by atoms with Gasteiger partial charge in [0.05, 0.1) is 6.61 Å². The quantitative estimate of drug-likeness (QED) is 0.251. The summed E-state index contributed by atoms with van der Waals surface area (Å²) in [5.74, 6) is -0.246. The fraction of sp³-hybridized carbons (Fsp3) is 0.571. The highest BCUT2D eigenvalue weighted by atomic mass is 16.7. The molecule has 0 aromatic rings. The van der Waals surface area contributed by atoms with Gasteiger partial charge in [-0.2, -0.15) is 0 Å². The van der Waals surface area contributed by atoms with E-state index in [1.54, 1.807) is 13.0 Å². The van der Waals surface area contributed by atoms with Crippen LogP contribution in [0, 0.1) is 0 Å². The van der Waals surface area contributed by atoms with Gasteiger partial charge in [-0.1, -0.05) is 13.0 Å². The Morgan fingerprint density at radius 2 is 2.40 bits per heavy atom. The zero-order chi connectivity index (χ0) is 7.82. The normalized spacial score (nSPS) is 8.90. The Morgan fingerprint density at radius 1 is 1.70 bits per heavy atom. The first-order valence-corrected chi connectivity index (χ1v) is 3.15. The number of esters is 1. The summed E-state index contributed by atoms with van der Waals surface area (Å²) in [5.41, 5.74) is 0. The lowest BCUT2D eigenvalue weighted by atomic mass is 10.5. The lowest BCUT2D eigenvalue weighted by Gasteiger charge is -2.01. The van der Waals surface area contributed by atoms with Crippen molar-refractivity contribution in [3.8, 4) is 0 Å². The summed E-state index contributed by atoms with van der Waals surface area (Å²) in [6.45, 7) is 5.60. The predicted octanol–water partition coefficient (Wildman–Crippen LogP) is 1.10. The minimum Gasteiger partial charge on any atom is -0.438 e. The SMILES string of the molecule is C=CCOCOC(=O)CC. The van der Waals surface area contributed by atoms with Crippen molar-refractivity contribution in [2.24, 2.45) is 0 Å². The molecule has 0 bridgehead atoms. The van der Waals surface area contributed by atoms with Crippen molar-refractivity contribution >= 4 is 5.97 Å². The van der Waals surface area contributed by atoms with Crippen molar-refractivity contribution in [1.82, 2.24) is 0 Å². The van der Waals surface area contributed by atoms with E-state index in [-0.39, 0.29) is 12.8 Å². The van der Waals surface area contributed by atoms with Gasteiger partial charge < -0.3 is 9.47 Å². The first-order chi connectivity index (χ1) is 4.81. The highest BCUT2D eigenvalue weighted by Crippen LogP contribution is 1.84. The minimum atomic E-state index is -0.246. The summed E-state index contributed by atoms with van der Waals surface area (Å²) in [4.78, 5) is 10.4. The van der Waals surface area contributed by atoms with Crippen LogP contribution in [0.1, 0.15) is 13.3 Å².